The highest BCUT2D eigenvalue weighted by atomic mass is 32.2. The van der Waals surface area contributed by atoms with Crippen molar-refractivity contribution in [2.24, 2.45) is 0 Å². The lowest BCUT2D eigenvalue weighted by Crippen LogP contribution is -2.40. The molecule has 0 aliphatic rings. The van der Waals surface area contributed by atoms with Gasteiger partial charge in [-0.05, 0) is 62.6 Å². The van der Waals surface area contributed by atoms with Crippen molar-refractivity contribution in [3.8, 4) is 0 Å². The van der Waals surface area contributed by atoms with Crippen molar-refractivity contribution in [2.75, 3.05) is 5.32 Å². The molecule has 1 aromatic carbocycles. The van der Waals surface area contributed by atoms with Gasteiger partial charge in [-0.2, -0.15) is 0 Å². The van der Waals surface area contributed by atoms with Gasteiger partial charge in [0, 0.05) is 22.2 Å². The number of carbonyl (C=O) groups excluding carboxylic acids is 1. The first kappa shape index (κ1) is 18.4. The van der Waals surface area contributed by atoms with Crippen LogP contribution in [0.15, 0.2) is 52.7 Å². The van der Waals surface area contributed by atoms with Gasteiger partial charge in [0.2, 0.25) is 15.9 Å². The van der Waals surface area contributed by atoms with Gasteiger partial charge in [0.25, 0.3) is 0 Å². The molecule has 2 N–H and O–H groups in total. The van der Waals surface area contributed by atoms with E-state index in [1.807, 2.05) is 17.5 Å². The standard InChI is InChI=1S/C17H20N2O3S2/c1-17(2,3)19-24(21,22)15-9-6-13(7-10-15)18-16(20)11-8-14-5-4-12-23-14/h4-12,19H,1-3H3,(H,18,20)/b11-8+. The Balaban J connectivity index is 2.03. The van der Waals surface area contributed by atoms with Gasteiger partial charge in [0.1, 0.15) is 0 Å². The molecule has 1 heterocycles. The third-order valence-electron chi connectivity index (χ3n) is 2.81. The van der Waals surface area contributed by atoms with Crippen molar-refractivity contribution in [1.29, 1.82) is 0 Å². The third kappa shape index (κ3) is 5.59. The van der Waals surface area contributed by atoms with Crippen molar-refractivity contribution >= 4 is 39.0 Å². The Morgan fingerprint density at radius 3 is 2.33 bits per heavy atom. The molecule has 24 heavy (non-hydrogen) atoms. The number of hydrogen-bond donors (Lipinski definition) is 2. The average molecular weight is 364 g/mol. The fourth-order valence-electron chi connectivity index (χ4n) is 1.91. The van der Waals surface area contributed by atoms with E-state index in [9.17, 15) is 13.2 Å². The minimum atomic E-state index is -3.58. The van der Waals surface area contributed by atoms with Crippen molar-refractivity contribution in [3.63, 3.8) is 0 Å². The normalized spacial score (nSPS) is 12.5. The monoisotopic (exact) mass is 364 g/mol. The topological polar surface area (TPSA) is 75.3 Å². The zero-order valence-corrected chi connectivity index (χ0v) is 15.4. The molecule has 7 heteroatoms. The number of thiophene rings is 1. The van der Waals surface area contributed by atoms with Crippen molar-refractivity contribution < 1.29 is 13.2 Å². The van der Waals surface area contributed by atoms with Crippen LogP contribution in [0.1, 0.15) is 25.6 Å². The Morgan fingerprint density at radius 2 is 1.79 bits per heavy atom. The number of sulfonamides is 1. The van der Waals surface area contributed by atoms with Crippen LogP contribution in [0.4, 0.5) is 5.69 Å². The maximum Gasteiger partial charge on any atom is 0.248 e. The summed E-state index contributed by atoms with van der Waals surface area (Å²) >= 11 is 1.54. The Kier molecular flexibility index (Phi) is 5.58. The van der Waals surface area contributed by atoms with Crippen LogP contribution >= 0.6 is 11.3 Å². The molecule has 0 fully saturated rings. The van der Waals surface area contributed by atoms with E-state index in [0.29, 0.717) is 5.69 Å². The second-order valence-corrected chi connectivity index (χ2v) is 8.88. The molecule has 2 rings (SSSR count). The van der Waals surface area contributed by atoms with Crippen LogP contribution in [0.2, 0.25) is 0 Å². The molecule has 1 amide bonds. The smallest absolute Gasteiger partial charge is 0.248 e. The summed E-state index contributed by atoms with van der Waals surface area (Å²) in [6, 6.07) is 9.88. The second kappa shape index (κ2) is 7.29. The quantitative estimate of drug-likeness (QED) is 0.798. The van der Waals surface area contributed by atoms with E-state index < -0.39 is 15.6 Å². The molecule has 0 saturated carbocycles. The van der Waals surface area contributed by atoms with Crippen LogP contribution in [-0.2, 0) is 14.8 Å². The molecule has 0 unspecified atom stereocenters. The molecule has 5 nitrogen and oxygen atoms in total. The van der Waals surface area contributed by atoms with E-state index in [1.54, 1.807) is 39.0 Å². The summed E-state index contributed by atoms with van der Waals surface area (Å²) in [4.78, 5) is 13.0. The van der Waals surface area contributed by atoms with Crippen LogP contribution in [0.5, 0.6) is 0 Å². The van der Waals surface area contributed by atoms with E-state index >= 15 is 0 Å². The second-order valence-electron chi connectivity index (χ2n) is 6.22. The molecule has 0 radical (unpaired) electrons. The lowest BCUT2D eigenvalue weighted by atomic mass is 10.1. The summed E-state index contributed by atoms with van der Waals surface area (Å²) in [6.07, 6.45) is 3.17. The van der Waals surface area contributed by atoms with Crippen LogP contribution in [0.3, 0.4) is 0 Å². The van der Waals surface area contributed by atoms with Gasteiger partial charge in [-0.15, -0.1) is 11.3 Å². The molecular weight excluding hydrogens is 344 g/mol. The zero-order valence-electron chi connectivity index (χ0n) is 13.7. The van der Waals surface area contributed by atoms with Crippen molar-refractivity contribution in [1.82, 2.24) is 4.72 Å². The molecule has 0 atom stereocenters. The van der Waals surface area contributed by atoms with Crippen LogP contribution in [0, 0.1) is 0 Å². The van der Waals surface area contributed by atoms with E-state index in [0.717, 1.165) is 4.88 Å². The first-order valence-electron chi connectivity index (χ1n) is 7.32. The number of rotatable bonds is 5. The summed E-state index contributed by atoms with van der Waals surface area (Å²) in [5.41, 5.74) is -0.0243. The number of anilines is 1. The maximum atomic E-state index is 12.2. The van der Waals surface area contributed by atoms with E-state index in [4.69, 9.17) is 0 Å². The summed E-state index contributed by atoms with van der Waals surface area (Å²) in [7, 11) is -3.58. The molecular formula is C17H20N2O3S2. The van der Waals surface area contributed by atoms with Gasteiger partial charge < -0.3 is 5.32 Å². The minimum absolute atomic E-state index is 0.157. The van der Waals surface area contributed by atoms with Gasteiger partial charge in [-0.1, -0.05) is 6.07 Å². The minimum Gasteiger partial charge on any atom is -0.323 e. The SMILES string of the molecule is CC(C)(C)NS(=O)(=O)c1ccc(NC(=O)/C=C/c2cccs2)cc1. The summed E-state index contributed by atoms with van der Waals surface area (Å²) in [6.45, 7) is 5.33. The zero-order chi connectivity index (χ0) is 17.8. The summed E-state index contributed by atoms with van der Waals surface area (Å²) in [5, 5.41) is 4.63. The lowest BCUT2D eigenvalue weighted by Gasteiger charge is -2.20. The van der Waals surface area contributed by atoms with Crippen LogP contribution in [-0.4, -0.2) is 19.9 Å². The predicted octanol–water partition coefficient (Wildman–Crippen LogP) is 3.48. The molecule has 0 aliphatic heterocycles. The molecule has 0 spiro atoms. The van der Waals surface area contributed by atoms with Gasteiger partial charge in [-0.25, -0.2) is 13.1 Å². The first-order valence-corrected chi connectivity index (χ1v) is 9.69. The summed E-state index contributed by atoms with van der Waals surface area (Å²) < 4.78 is 27.0. The molecule has 2 aromatic rings. The van der Waals surface area contributed by atoms with E-state index in [1.165, 1.54) is 29.5 Å². The van der Waals surface area contributed by atoms with E-state index in [2.05, 4.69) is 10.0 Å². The number of benzene rings is 1. The van der Waals surface area contributed by atoms with E-state index in [-0.39, 0.29) is 10.8 Å². The van der Waals surface area contributed by atoms with Gasteiger partial charge in [0.05, 0.1) is 4.90 Å². The largest absolute Gasteiger partial charge is 0.323 e. The average Bonchev–Trinajstić information content (AvgIpc) is 2.96. The van der Waals surface area contributed by atoms with Crippen molar-refractivity contribution in [2.45, 2.75) is 31.2 Å². The Hall–Kier alpha value is -1.96. The fourth-order valence-corrected chi connectivity index (χ4v) is 3.94. The van der Waals surface area contributed by atoms with Crippen LogP contribution in [0.25, 0.3) is 6.08 Å². The molecule has 0 bridgehead atoms. The molecule has 128 valence electrons. The van der Waals surface area contributed by atoms with Gasteiger partial charge >= 0.3 is 0 Å². The number of carbonyl (C=O) groups is 1. The Labute approximate surface area is 146 Å². The number of hydrogen-bond acceptors (Lipinski definition) is 4. The Morgan fingerprint density at radius 1 is 1.12 bits per heavy atom. The van der Waals surface area contributed by atoms with Crippen LogP contribution < -0.4 is 10.0 Å². The highest BCUT2D eigenvalue weighted by molar-refractivity contribution is 7.89. The van der Waals surface area contributed by atoms with Crippen molar-refractivity contribution in [3.05, 3.63) is 52.7 Å². The fraction of sp³-hybridized carbons (Fsp3) is 0.235. The predicted molar refractivity (Wildman–Crippen MR) is 98.5 cm³/mol. The number of nitrogens with one attached hydrogen (secondary N) is 2. The first-order chi connectivity index (χ1) is 11.2. The maximum absolute atomic E-state index is 12.2. The summed E-state index contributed by atoms with van der Waals surface area (Å²) in [5.74, 6) is -0.271. The molecule has 1 aromatic heterocycles. The molecule has 0 saturated heterocycles. The Bertz CT molecular complexity index is 816. The highest BCUT2D eigenvalue weighted by Crippen LogP contribution is 2.16. The highest BCUT2D eigenvalue weighted by Gasteiger charge is 2.21. The van der Waals surface area contributed by atoms with Gasteiger partial charge in [0.15, 0.2) is 0 Å². The lowest BCUT2D eigenvalue weighted by molar-refractivity contribution is -0.111. The van der Waals surface area contributed by atoms with Gasteiger partial charge in [-0.3, -0.25) is 4.79 Å². The third-order valence-corrected chi connectivity index (χ3v) is 5.43. The number of amides is 1. The molecule has 0 aliphatic carbocycles.